The van der Waals surface area contributed by atoms with Crippen molar-refractivity contribution in [2.45, 2.75) is 19.4 Å². The number of hydrogen-bond acceptors (Lipinski definition) is 5. The third-order valence-electron chi connectivity index (χ3n) is 3.54. The maximum atomic E-state index is 12.6. The molecule has 0 bridgehead atoms. The SMILES string of the molecule is CC1(C)C(=O)NCCN1C(=O)c1cc(N)ccc1[N+](=O)[O-]. The number of nitrogens with two attached hydrogens (primary N) is 1. The van der Waals surface area contributed by atoms with E-state index in [1.165, 1.54) is 23.1 Å². The molecule has 0 radical (unpaired) electrons. The predicted molar refractivity (Wildman–Crippen MR) is 75.6 cm³/mol. The van der Waals surface area contributed by atoms with Crippen LogP contribution in [0.15, 0.2) is 18.2 Å². The van der Waals surface area contributed by atoms with Crippen LogP contribution in [0.1, 0.15) is 24.2 Å². The molecule has 1 heterocycles. The minimum Gasteiger partial charge on any atom is -0.399 e. The van der Waals surface area contributed by atoms with Crippen molar-refractivity contribution in [2.75, 3.05) is 18.8 Å². The van der Waals surface area contributed by atoms with Crippen molar-refractivity contribution in [1.29, 1.82) is 0 Å². The molecule has 0 aromatic heterocycles. The smallest absolute Gasteiger partial charge is 0.282 e. The molecular formula is C13H16N4O4. The fourth-order valence-corrected chi connectivity index (χ4v) is 2.28. The fourth-order valence-electron chi connectivity index (χ4n) is 2.28. The van der Waals surface area contributed by atoms with Crippen LogP contribution in [0.4, 0.5) is 11.4 Å². The molecule has 0 spiro atoms. The number of rotatable bonds is 2. The van der Waals surface area contributed by atoms with Crippen LogP contribution in [-0.2, 0) is 4.79 Å². The Balaban J connectivity index is 2.47. The molecule has 2 rings (SSSR count). The van der Waals surface area contributed by atoms with Gasteiger partial charge >= 0.3 is 0 Å². The van der Waals surface area contributed by atoms with Crippen molar-refractivity contribution in [3.63, 3.8) is 0 Å². The first-order valence-electron chi connectivity index (χ1n) is 6.39. The number of carbonyl (C=O) groups excluding carboxylic acids is 2. The first kappa shape index (κ1) is 14.8. The van der Waals surface area contributed by atoms with Gasteiger partial charge in [0.1, 0.15) is 11.1 Å². The summed E-state index contributed by atoms with van der Waals surface area (Å²) in [6.45, 7) is 3.78. The van der Waals surface area contributed by atoms with Crippen LogP contribution >= 0.6 is 0 Å². The van der Waals surface area contributed by atoms with Crippen LogP contribution in [0.25, 0.3) is 0 Å². The molecule has 1 aliphatic heterocycles. The summed E-state index contributed by atoms with van der Waals surface area (Å²) in [5.41, 5.74) is 4.36. The van der Waals surface area contributed by atoms with E-state index in [0.29, 0.717) is 6.54 Å². The minimum absolute atomic E-state index is 0.109. The second-order valence-corrected chi connectivity index (χ2v) is 5.31. The van der Waals surface area contributed by atoms with Gasteiger partial charge in [0.15, 0.2) is 0 Å². The summed E-state index contributed by atoms with van der Waals surface area (Å²) in [6, 6.07) is 3.83. The Bertz CT molecular complexity index is 627. The number of nitrogen functional groups attached to an aromatic ring is 1. The number of nitrogens with one attached hydrogen (secondary N) is 1. The summed E-state index contributed by atoms with van der Waals surface area (Å²) < 4.78 is 0. The van der Waals surface area contributed by atoms with Gasteiger partial charge in [-0.05, 0) is 26.0 Å². The van der Waals surface area contributed by atoms with Crippen LogP contribution in [0.3, 0.4) is 0 Å². The number of amides is 2. The molecule has 0 atom stereocenters. The van der Waals surface area contributed by atoms with E-state index in [2.05, 4.69) is 5.32 Å². The van der Waals surface area contributed by atoms with Gasteiger partial charge in [-0.25, -0.2) is 0 Å². The van der Waals surface area contributed by atoms with E-state index in [-0.39, 0.29) is 29.4 Å². The third kappa shape index (κ3) is 2.51. The molecule has 112 valence electrons. The number of nitrogens with zero attached hydrogens (tertiary/aromatic N) is 2. The van der Waals surface area contributed by atoms with Crippen LogP contribution in [0.2, 0.25) is 0 Å². The number of anilines is 1. The lowest BCUT2D eigenvalue weighted by Gasteiger charge is -2.41. The molecule has 8 heteroatoms. The molecule has 2 amide bonds. The Labute approximate surface area is 121 Å². The lowest BCUT2D eigenvalue weighted by atomic mass is 9.97. The monoisotopic (exact) mass is 292 g/mol. The topological polar surface area (TPSA) is 119 Å². The molecule has 8 nitrogen and oxygen atoms in total. The number of hydrogen-bond donors (Lipinski definition) is 2. The van der Waals surface area contributed by atoms with E-state index in [9.17, 15) is 19.7 Å². The first-order chi connectivity index (χ1) is 9.75. The lowest BCUT2D eigenvalue weighted by molar-refractivity contribution is -0.385. The van der Waals surface area contributed by atoms with Gasteiger partial charge in [-0.2, -0.15) is 0 Å². The number of carbonyl (C=O) groups is 2. The van der Waals surface area contributed by atoms with Gasteiger partial charge in [0.25, 0.3) is 11.6 Å². The third-order valence-corrected chi connectivity index (χ3v) is 3.54. The highest BCUT2D eigenvalue weighted by Gasteiger charge is 2.42. The second-order valence-electron chi connectivity index (χ2n) is 5.31. The van der Waals surface area contributed by atoms with Gasteiger partial charge in [-0.1, -0.05) is 0 Å². The number of benzene rings is 1. The van der Waals surface area contributed by atoms with Gasteiger partial charge in [-0.15, -0.1) is 0 Å². The fraction of sp³-hybridized carbons (Fsp3) is 0.385. The van der Waals surface area contributed by atoms with Gasteiger partial charge in [-0.3, -0.25) is 19.7 Å². The molecule has 1 aliphatic rings. The molecule has 1 aromatic carbocycles. The van der Waals surface area contributed by atoms with Crippen LogP contribution in [0, 0.1) is 10.1 Å². The molecule has 1 saturated heterocycles. The maximum Gasteiger partial charge on any atom is 0.282 e. The average molecular weight is 292 g/mol. The summed E-state index contributed by atoms with van der Waals surface area (Å²) in [5, 5.41) is 13.7. The number of nitro groups is 1. The Hall–Kier alpha value is -2.64. The van der Waals surface area contributed by atoms with Crippen molar-refractivity contribution in [3.05, 3.63) is 33.9 Å². The van der Waals surface area contributed by atoms with E-state index in [1.807, 2.05) is 0 Å². The van der Waals surface area contributed by atoms with E-state index in [0.717, 1.165) is 0 Å². The summed E-state index contributed by atoms with van der Waals surface area (Å²) in [7, 11) is 0. The Morgan fingerprint density at radius 3 is 2.76 bits per heavy atom. The zero-order chi connectivity index (χ0) is 15.8. The van der Waals surface area contributed by atoms with Crippen molar-refractivity contribution < 1.29 is 14.5 Å². The highest BCUT2D eigenvalue weighted by molar-refractivity contribution is 6.02. The van der Waals surface area contributed by atoms with Gasteiger partial charge in [0, 0.05) is 24.8 Å². The molecule has 0 saturated carbocycles. The van der Waals surface area contributed by atoms with Gasteiger partial charge < -0.3 is 16.0 Å². The highest BCUT2D eigenvalue weighted by atomic mass is 16.6. The van der Waals surface area contributed by atoms with Crippen molar-refractivity contribution >= 4 is 23.2 Å². The first-order valence-corrected chi connectivity index (χ1v) is 6.39. The standard InChI is InChI=1S/C13H16N4O4/c1-13(2)12(19)15-5-6-16(13)11(18)9-7-8(14)3-4-10(9)17(20)21/h3-4,7H,5-6,14H2,1-2H3,(H,15,19). The summed E-state index contributed by atoms with van der Waals surface area (Å²) >= 11 is 0. The molecule has 3 N–H and O–H groups in total. The van der Waals surface area contributed by atoms with E-state index < -0.39 is 16.4 Å². The summed E-state index contributed by atoms with van der Waals surface area (Å²) in [6.07, 6.45) is 0. The minimum atomic E-state index is -1.08. The number of nitro benzene ring substituents is 1. The zero-order valence-corrected chi connectivity index (χ0v) is 11.8. The highest BCUT2D eigenvalue weighted by Crippen LogP contribution is 2.27. The van der Waals surface area contributed by atoms with Crippen LogP contribution in [-0.4, -0.2) is 40.3 Å². The Morgan fingerprint density at radius 1 is 1.48 bits per heavy atom. The Kier molecular flexibility index (Phi) is 3.54. The van der Waals surface area contributed by atoms with Crippen molar-refractivity contribution in [2.24, 2.45) is 0 Å². The molecular weight excluding hydrogens is 276 g/mol. The zero-order valence-electron chi connectivity index (χ0n) is 11.8. The summed E-state index contributed by atoms with van der Waals surface area (Å²) in [4.78, 5) is 36.3. The second kappa shape index (κ2) is 5.04. The van der Waals surface area contributed by atoms with E-state index >= 15 is 0 Å². The van der Waals surface area contributed by atoms with Crippen LogP contribution in [0.5, 0.6) is 0 Å². The predicted octanol–water partition coefficient (Wildman–Crippen LogP) is 0.528. The average Bonchev–Trinajstić information content (AvgIpc) is 2.40. The molecule has 21 heavy (non-hydrogen) atoms. The van der Waals surface area contributed by atoms with Gasteiger partial charge in [0.2, 0.25) is 5.91 Å². The van der Waals surface area contributed by atoms with Crippen LogP contribution < -0.4 is 11.1 Å². The van der Waals surface area contributed by atoms with Crippen molar-refractivity contribution in [3.8, 4) is 0 Å². The largest absolute Gasteiger partial charge is 0.399 e. The Morgan fingerprint density at radius 2 is 2.14 bits per heavy atom. The maximum absolute atomic E-state index is 12.6. The molecule has 1 aromatic rings. The molecule has 0 aliphatic carbocycles. The molecule has 0 unspecified atom stereocenters. The molecule has 1 fully saturated rings. The lowest BCUT2D eigenvalue weighted by Crippen LogP contribution is -2.63. The quantitative estimate of drug-likeness (QED) is 0.468. The van der Waals surface area contributed by atoms with E-state index in [4.69, 9.17) is 5.73 Å². The van der Waals surface area contributed by atoms with Gasteiger partial charge in [0.05, 0.1) is 4.92 Å². The van der Waals surface area contributed by atoms with Crippen molar-refractivity contribution in [1.82, 2.24) is 10.2 Å². The summed E-state index contributed by atoms with van der Waals surface area (Å²) in [5.74, 6) is -0.873. The normalized spacial score (nSPS) is 17.2. The van der Waals surface area contributed by atoms with E-state index in [1.54, 1.807) is 13.8 Å². The number of piperazine rings is 1.